The Morgan fingerprint density at radius 2 is 1.73 bits per heavy atom. The van der Waals surface area contributed by atoms with E-state index < -0.39 is 12.7 Å². The molecule has 2 aromatic carbocycles. The first-order valence-electron chi connectivity index (χ1n) is 10.3. The summed E-state index contributed by atoms with van der Waals surface area (Å²) in [6.45, 7) is 2.87. The monoisotopic (exact) mass is 475 g/mol. The quantitative estimate of drug-likeness (QED) is 0.611. The minimum absolute atomic E-state index is 0.0901. The normalized spacial score (nSPS) is 16.1. The molecule has 0 fully saturated rings. The number of anilines is 1. The van der Waals surface area contributed by atoms with Crippen LogP contribution in [-0.2, 0) is 4.79 Å². The lowest BCUT2D eigenvalue weighted by molar-refractivity contribution is -0.125. The predicted octanol–water partition coefficient (Wildman–Crippen LogP) is 4.71. The van der Waals surface area contributed by atoms with E-state index in [9.17, 15) is 13.6 Å². The van der Waals surface area contributed by atoms with Crippen molar-refractivity contribution in [3.63, 3.8) is 0 Å². The molecule has 33 heavy (non-hydrogen) atoms. The SMILES string of the molecule is COc1cc(C2NC(=S)N(c3cc(C)cc(C)c3)C(C)=C2C(=O)N(C)C)ccc1OC(F)F. The molecule has 0 radical (unpaired) electrons. The van der Waals surface area contributed by atoms with E-state index >= 15 is 0 Å². The molecule has 2 aromatic rings. The van der Waals surface area contributed by atoms with Crippen molar-refractivity contribution in [2.24, 2.45) is 0 Å². The number of carbonyl (C=O) groups is 1. The first-order valence-corrected chi connectivity index (χ1v) is 10.7. The average Bonchev–Trinajstić information content (AvgIpc) is 2.72. The number of aryl methyl sites for hydroxylation is 2. The summed E-state index contributed by atoms with van der Waals surface area (Å²) in [7, 11) is 4.72. The Labute approximate surface area is 197 Å². The standard InChI is InChI=1S/C24H27F2N3O3S/c1-13-9-14(2)11-17(10-13)29-15(3)20(22(30)28(4)5)21(27-24(29)33)16-7-8-18(32-23(25)26)19(12-16)31-6/h7-12,21,23H,1-6H3,(H,27,33). The molecule has 1 atom stereocenters. The first kappa shape index (κ1) is 24.4. The number of alkyl halides is 2. The third-order valence-corrected chi connectivity index (χ3v) is 5.62. The van der Waals surface area contributed by atoms with Gasteiger partial charge in [-0.25, -0.2) is 0 Å². The number of nitrogens with zero attached hydrogens (tertiary/aromatic N) is 2. The summed E-state index contributed by atoms with van der Waals surface area (Å²) < 4.78 is 35.3. The Hall–Kier alpha value is -3.20. The summed E-state index contributed by atoms with van der Waals surface area (Å²) in [6.07, 6.45) is 0. The summed E-state index contributed by atoms with van der Waals surface area (Å²) in [5.74, 6) is -0.159. The van der Waals surface area contributed by atoms with Gasteiger partial charge in [0.1, 0.15) is 0 Å². The van der Waals surface area contributed by atoms with Crippen molar-refractivity contribution in [3.05, 3.63) is 64.4 Å². The highest BCUT2D eigenvalue weighted by Gasteiger charge is 2.35. The van der Waals surface area contributed by atoms with E-state index in [1.165, 1.54) is 18.1 Å². The molecule has 0 saturated carbocycles. The summed E-state index contributed by atoms with van der Waals surface area (Å²) in [5, 5.41) is 3.68. The smallest absolute Gasteiger partial charge is 0.387 e. The predicted molar refractivity (Wildman–Crippen MR) is 128 cm³/mol. The number of thiocarbonyl (C=S) groups is 1. The largest absolute Gasteiger partial charge is 0.493 e. The Kier molecular flexibility index (Phi) is 7.22. The molecule has 176 valence electrons. The summed E-state index contributed by atoms with van der Waals surface area (Å²) >= 11 is 5.70. The molecule has 6 nitrogen and oxygen atoms in total. The molecule has 0 bridgehead atoms. The minimum atomic E-state index is -2.98. The van der Waals surface area contributed by atoms with E-state index in [1.54, 1.807) is 26.2 Å². The fourth-order valence-corrected chi connectivity index (χ4v) is 4.32. The molecule has 1 aliphatic rings. The van der Waals surface area contributed by atoms with Gasteiger partial charge in [0.2, 0.25) is 0 Å². The Balaban J connectivity index is 2.16. The zero-order valence-corrected chi connectivity index (χ0v) is 20.2. The maximum atomic E-state index is 13.3. The number of hydrogen-bond donors (Lipinski definition) is 1. The number of allylic oxidation sites excluding steroid dienone is 1. The van der Waals surface area contributed by atoms with Gasteiger partial charge in [0, 0.05) is 25.5 Å². The van der Waals surface area contributed by atoms with Gasteiger partial charge in [0.05, 0.1) is 18.7 Å². The highest BCUT2D eigenvalue weighted by Crippen LogP contribution is 2.38. The molecule has 1 unspecified atom stereocenters. The number of nitrogens with one attached hydrogen (secondary N) is 1. The lowest BCUT2D eigenvalue weighted by Gasteiger charge is -2.39. The van der Waals surface area contributed by atoms with E-state index in [0.29, 0.717) is 21.9 Å². The highest BCUT2D eigenvalue weighted by atomic mass is 32.1. The highest BCUT2D eigenvalue weighted by molar-refractivity contribution is 7.80. The van der Waals surface area contributed by atoms with Crippen molar-refractivity contribution in [1.29, 1.82) is 0 Å². The van der Waals surface area contributed by atoms with Crippen LogP contribution in [0.4, 0.5) is 14.5 Å². The maximum Gasteiger partial charge on any atom is 0.387 e. The molecule has 1 aliphatic heterocycles. The second kappa shape index (κ2) is 9.74. The van der Waals surface area contributed by atoms with Crippen LogP contribution in [0.15, 0.2) is 47.7 Å². The molecule has 3 rings (SSSR count). The number of carbonyl (C=O) groups excluding carboxylic acids is 1. The van der Waals surface area contributed by atoms with Crippen molar-refractivity contribution in [2.75, 3.05) is 26.1 Å². The number of hydrogen-bond acceptors (Lipinski definition) is 4. The van der Waals surface area contributed by atoms with Gasteiger partial charge in [0.15, 0.2) is 16.6 Å². The summed E-state index contributed by atoms with van der Waals surface area (Å²) in [4.78, 5) is 16.6. The van der Waals surface area contributed by atoms with Gasteiger partial charge in [-0.15, -0.1) is 0 Å². The molecule has 1 heterocycles. The topological polar surface area (TPSA) is 54.0 Å². The van der Waals surface area contributed by atoms with Crippen LogP contribution in [-0.4, -0.2) is 43.7 Å². The number of benzene rings is 2. The van der Waals surface area contributed by atoms with Crippen molar-refractivity contribution in [2.45, 2.75) is 33.4 Å². The fraction of sp³-hybridized carbons (Fsp3) is 0.333. The van der Waals surface area contributed by atoms with Gasteiger partial charge in [-0.2, -0.15) is 8.78 Å². The zero-order chi connectivity index (χ0) is 24.4. The number of halogens is 2. The van der Waals surface area contributed by atoms with Crippen LogP contribution in [0.1, 0.15) is 29.7 Å². The number of likely N-dealkylation sites (N-methyl/N-ethyl adjacent to an activating group) is 1. The van der Waals surface area contributed by atoms with Crippen LogP contribution in [0.3, 0.4) is 0 Å². The number of rotatable bonds is 6. The van der Waals surface area contributed by atoms with Gasteiger partial charge in [0.25, 0.3) is 5.91 Å². The van der Waals surface area contributed by atoms with Crippen LogP contribution >= 0.6 is 12.2 Å². The molecule has 0 aliphatic carbocycles. The molecule has 9 heteroatoms. The van der Waals surface area contributed by atoms with Crippen LogP contribution in [0.2, 0.25) is 0 Å². The summed E-state index contributed by atoms with van der Waals surface area (Å²) in [6, 6.07) is 10.0. The zero-order valence-electron chi connectivity index (χ0n) is 19.4. The van der Waals surface area contributed by atoms with Crippen molar-refractivity contribution in [3.8, 4) is 11.5 Å². The molecular weight excluding hydrogens is 448 g/mol. The molecule has 0 aromatic heterocycles. The second-order valence-corrected chi connectivity index (χ2v) is 8.44. The number of ether oxygens (including phenoxy) is 2. The van der Waals surface area contributed by atoms with Gasteiger partial charge in [-0.05, 0) is 73.9 Å². The van der Waals surface area contributed by atoms with Crippen molar-refractivity contribution < 1.29 is 23.0 Å². The Morgan fingerprint density at radius 1 is 1.09 bits per heavy atom. The Morgan fingerprint density at radius 3 is 2.27 bits per heavy atom. The fourth-order valence-electron chi connectivity index (χ4n) is 3.96. The lowest BCUT2D eigenvalue weighted by atomic mass is 9.93. The maximum absolute atomic E-state index is 13.3. The Bertz CT molecular complexity index is 1100. The van der Waals surface area contributed by atoms with Crippen molar-refractivity contribution in [1.82, 2.24) is 10.2 Å². The minimum Gasteiger partial charge on any atom is -0.493 e. The van der Waals surface area contributed by atoms with E-state index in [1.807, 2.05) is 37.8 Å². The van der Waals surface area contributed by atoms with E-state index in [2.05, 4.69) is 16.1 Å². The summed E-state index contributed by atoms with van der Waals surface area (Å²) in [5.41, 5.74) is 4.78. The van der Waals surface area contributed by atoms with Crippen LogP contribution in [0.5, 0.6) is 11.5 Å². The second-order valence-electron chi connectivity index (χ2n) is 8.05. The first-order chi connectivity index (χ1) is 15.5. The van der Waals surface area contributed by atoms with Crippen molar-refractivity contribution >= 4 is 28.9 Å². The van der Waals surface area contributed by atoms with E-state index in [0.717, 1.165) is 16.8 Å². The van der Waals surface area contributed by atoms with Gasteiger partial charge in [-0.3, -0.25) is 9.69 Å². The van der Waals surface area contributed by atoms with Gasteiger partial charge >= 0.3 is 6.61 Å². The third kappa shape index (κ3) is 5.08. The lowest BCUT2D eigenvalue weighted by Crippen LogP contribution is -2.49. The average molecular weight is 476 g/mol. The van der Waals surface area contributed by atoms with Crippen LogP contribution < -0.4 is 19.7 Å². The van der Waals surface area contributed by atoms with E-state index in [4.69, 9.17) is 17.0 Å². The number of methoxy groups -OCH3 is 1. The van der Waals surface area contributed by atoms with Crippen LogP contribution in [0, 0.1) is 13.8 Å². The molecular formula is C24H27F2N3O3S. The molecule has 1 amide bonds. The molecule has 1 N–H and O–H groups in total. The van der Waals surface area contributed by atoms with Gasteiger partial charge in [-0.1, -0.05) is 12.1 Å². The van der Waals surface area contributed by atoms with Gasteiger partial charge < -0.3 is 19.7 Å². The van der Waals surface area contributed by atoms with Crippen LogP contribution in [0.25, 0.3) is 0 Å². The molecule has 0 spiro atoms. The molecule has 0 saturated heterocycles. The third-order valence-electron chi connectivity index (χ3n) is 5.32. The van der Waals surface area contributed by atoms with E-state index in [-0.39, 0.29) is 17.4 Å². The number of amides is 1.